The number of aryl methyl sites for hydroxylation is 2. The van der Waals surface area contributed by atoms with Gasteiger partial charge < -0.3 is 9.73 Å². The topological polar surface area (TPSA) is 43.0 Å². The van der Waals surface area contributed by atoms with Crippen LogP contribution in [0.1, 0.15) is 30.1 Å². The molecule has 104 valence electrons. The van der Waals surface area contributed by atoms with Gasteiger partial charge in [0, 0.05) is 13.5 Å². The molecule has 2 heterocycles. The van der Waals surface area contributed by atoms with Crippen LogP contribution < -0.4 is 5.32 Å². The molecule has 1 N–H and O–H groups in total. The maximum Gasteiger partial charge on any atom is 0.169 e. The molecule has 2 aromatic rings. The average molecular weight is 347 g/mol. The maximum absolute atomic E-state index is 6.37. The lowest BCUT2D eigenvalue weighted by molar-refractivity contribution is 0.411. The molecule has 0 aromatic carbocycles. The smallest absolute Gasteiger partial charge is 0.169 e. The fourth-order valence-electron chi connectivity index (χ4n) is 2.10. The lowest BCUT2D eigenvalue weighted by Crippen LogP contribution is -2.19. The van der Waals surface area contributed by atoms with E-state index >= 15 is 0 Å². The lowest BCUT2D eigenvalue weighted by Gasteiger charge is -2.14. The van der Waals surface area contributed by atoms with Crippen molar-refractivity contribution in [1.82, 2.24) is 15.1 Å². The van der Waals surface area contributed by atoms with Gasteiger partial charge in [-0.15, -0.1) is 0 Å². The highest BCUT2D eigenvalue weighted by Gasteiger charge is 2.20. The van der Waals surface area contributed by atoms with E-state index in [1.807, 2.05) is 30.9 Å². The zero-order chi connectivity index (χ0) is 14.0. The first-order valence-electron chi connectivity index (χ1n) is 6.19. The van der Waals surface area contributed by atoms with Crippen LogP contribution in [0.15, 0.2) is 21.2 Å². The highest BCUT2D eigenvalue weighted by molar-refractivity contribution is 9.10. The Morgan fingerprint density at radius 3 is 2.74 bits per heavy atom. The van der Waals surface area contributed by atoms with Gasteiger partial charge in [0.2, 0.25) is 0 Å². The second kappa shape index (κ2) is 6.11. The third-order valence-corrected chi connectivity index (χ3v) is 4.05. The third-order valence-electron chi connectivity index (χ3n) is 3.19. The highest BCUT2D eigenvalue weighted by atomic mass is 79.9. The third kappa shape index (κ3) is 3.04. The second-order valence-electron chi connectivity index (χ2n) is 4.37. The van der Waals surface area contributed by atoms with Gasteiger partial charge in [-0.3, -0.25) is 4.68 Å². The van der Waals surface area contributed by atoms with Crippen molar-refractivity contribution in [3.05, 3.63) is 39.0 Å². The Morgan fingerprint density at radius 1 is 1.53 bits per heavy atom. The molecule has 0 fully saturated rings. The van der Waals surface area contributed by atoms with Crippen LogP contribution in [-0.2, 0) is 19.9 Å². The molecule has 1 atom stereocenters. The molecule has 2 rings (SSSR count). The van der Waals surface area contributed by atoms with Crippen LogP contribution in [0, 0.1) is 0 Å². The monoisotopic (exact) mass is 345 g/mol. The normalized spacial score (nSPS) is 12.9. The summed E-state index contributed by atoms with van der Waals surface area (Å²) in [6, 6.07) is 3.92. The van der Waals surface area contributed by atoms with Crippen LogP contribution in [0.3, 0.4) is 0 Å². The summed E-state index contributed by atoms with van der Waals surface area (Å²) in [4.78, 5) is 0. The number of nitrogens with one attached hydrogen (secondary N) is 1. The Morgan fingerprint density at radius 2 is 2.26 bits per heavy atom. The van der Waals surface area contributed by atoms with E-state index in [2.05, 4.69) is 33.3 Å². The molecule has 6 heteroatoms. The Labute approximate surface area is 126 Å². The van der Waals surface area contributed by atoms with Gasteiger partial charge in [0.1, 0.15) is 5.76 Å². The molecule has 0 aliphatic carbocycles. The zero-order valence-electron chi connectivity index (χ0n) is 11.2. The first-order chi connectivity index (χ1) is 9.06. The Balaban J connectivity index is 2.26. The first kappa shape index (κ1) is 14.6. The molecule has 1 unspecified atom stereocenters. The summed E-state index contributed by atoms with van der Waals surface area (Å²) in [5, 5.41) is 8.44. The fourth-order valence-corrected chi connectivity index (χ4v) is 2.79. The molecule has 0 spiro atoms. The summed E-state index contributed by atoms with van der Waals surface area (Å²) in [7, 11) is 3.83. The summed E-state index contributed by atoms with van der Waals surface area (Å²) in [5.41, 5.74) is 1.96. The van der Waals surface area contributed by atoms with Gasteiger partial charge in [0.25, 0.3) is 0 Å². The molecular weight excluding hydrogens is 330 g/mol. The van der Waals surface area contributed by atoms with Gasteiger partial charge in [0.05, 0.1) is 22.5 Å². The van der Waals surface area contributed by atoms with Crippen molar-refractivity contribution in [3.8, 4) is 0 Å². The second-order valence-corrected chi connectivity index (χ2v) is 5.53. The van der Waals surface area contributed by atoms with E-state index in [0.29, 0.717) is 0 Å². The molecule has 0 bridgehead atoms. The van der Waals surface area contributed by atoms with E-state index in [9.17, 15) is 0 Å². The van der Waals surface area contributed by atoms with Crippen LogP contribution in [0.5, 0.6) is 0 Å². The average Bonchev–Trinajstić information content (AvgIpc) is 2.92. The number of halogens is 2. The lowest BCUT2D eigenvalue weighted by atomic mass is 10.1. The number of hydrogen-bond donors (Lipinski definition) is 1. The summed E-state index contributed by atoms with van der Waals surface area (Å²) >= 11 is 9.69. The highest BCUT2D eigenvalue weighted by Crippen LogP contribution is 2.28. The van der Waals surface area contributed by atoms with Gasteiger partial charge in [-0.1, -0.05) is 18.5 Å². The predicted octanol–water partition coefficient (Wildman–Crippen LogP) is 3.49. The minimum Gasteiger partial charge on any atom is -0.453 e. The van der Waals surface area contributed by atoms with Gasteiger partial charge in [-0.25, -0.2) is 0 Å². The summed E-state index contributed by atoms with van der Waals surface area (Å²) in [6.45, 7) is 2.05. The molecule has 0 aliphatic rings. The van der Waals surface area contributed by atoms with E-state index in [1.54, 1.807) is 0 Å². The van der Waals surface area contributed by atoms with Crippen LogP contribution in [0.4, 0.5) is 0 Å². The van der Waals surface area contributed by atoms with Crippen molar-refractivity contribution in [3.63, 3.8) is 0 Å². The number of hydrogen-bond acceptors (Lipinski definition) is 3. The van der Waals surface area contributed by atoms with Crippen molar-refractivity contribution in [2.45, 2.75) is 25.8 Å². The minimum atomic E-state index is 0.0731. The van der Waals surface area contributed by atoms with Crippen molar-refractivity contribution in [2.75, 3.05) is 7.05 Å². The number of furan rings is 1. The molecule has 0 radical (unpaired) electrons. The van der Waals surface area contributed by atoms with Crippen LogP contribution in [-0.4, -0.2) is 16.8 Å². The van der Waals surface area contributed by atoms with Gasteiger partial charge in [-0.05, 0) is 41.5 Å². The van der Waals surface area contributed by atoms with Gasteiger partial charge >= 0.3 is 0 Å². The van der Waals surface area contributed by atoms with E-state index in [0.717, 1.165) is 39.7 Å². The standard InChI is InChI=1S/C13H17BrClN3O/c1-4-8-13(15)10(18(3)17-8)7-9(16-2)11-5-6-12(14)19-11/h5-6,9,16H,4,7H2,1-3H3. The SMILES string of the molecule is CCc1nn(C)c(CC(NC)c2ccc(Br)o2)c1Cl. The van der Waals surface area contributed by atoms with E-state index in [-0.39, 0.29) is 6.04 Å². The quantitative estimate of drug-likeness (QED) is 0.901. The van der Waals surface area contributed by atoms with Crippen LogP contribution >= 0.6 is 27.5 Å². The molecular formula is C13H17BrClN3O. The number of aromatic nitrogens is 2. The Hall–Kier alpha value is -0.780. The van der Waals surface area contributed by atoms with Gasteiger partial charge in [-0.2, -0.15) is 5.10 Å². The Kier molecular flexibility index (Phi) is 4.71. The van der Waals surface area contributed by atoms with E-state index in [4.69, 9.17) is 16.0 Å². The minimum absolute atomic E-state index is 0.0731. The predicted molar refractivity (Wildman–Crippen MR) is 79.5 cm³/mol. The van der Waals surface area contributed by atoms with Crippen LogP contribution in [0.25, 0.3) is 0 Å². The number of rotatable bonds is 5. The van der Waals surface area contributed by atoms with E-state index < -0.39 is 0 Å². The Bertz CT molecular complexity index is 564. The first-order valence-corrected chi connectivity index (χ1v) is 7.36. The molecule has 2 aromatic heterocycles. The van der Waals surface area contributed by atoms with Gasteiger partial charge in [0.15, 0.2) is 4.67 Å². The molecule has 0 saturated carbocycles. The zero-order valence-corrected chi connectivity index (χ0v) is 13.5. The summed E-state index contributed by atoms with van der Waals surface area (Å²) < 4.78 is 8.18. The molecule has 0 aliphatic heterocycles. The molecule has 0 amide bonds. The largest absolute Gasteiger partial charge is 0.453 e. The molecule has 19 heavy (non-hydrogen) atoms. The van der Waals surface area contributed by atoms with Crippen LogP contribution in [0.2, 0.25) is 5.02 Å². The van der Waals surface area contributed by atoms with Crippen molar-refractivity contribution in [2.24, 2.45) is 7.05 Å². The number of likely N-dealkylation sites (N-methyl/N-ethyl adjacent to an activating group) is 1. The molecule has 4 nitrogen and oxygen atoms in total. The molecule has 0 saturated heterocycles. The van der Waals surface area contributed by atoms with E-state index in [1.165, 1.54) is 0 Å². The van der Waals surface area contributed by atoms with Crippen molar-refractivity contribution >= 4 is 27.5 Å². The van der Waals surface area contributed by atoms with Crippen molar-refractivity contribution < 1.29 is 4.42 Å². The fraction of sp³-hybridized carbons (Fsp3) is 0.462. The summed E-state index contributed by atoms with van der Waals surface area (Å²) in [6.07, 6.45) is 1.57. The van der Waals surface area contributed by atoms with Crippen molar-refractivity contribution in [1.29, 1.82) is 0 Å². The maximum atomic E-state index is 6.37. The summed E-state index contributed by atoms with van der Waals surface area (Å²) in [5.74, 6) is 0.879. The number of nitrogens with zero attached hydrogens (tertiary/aromatic N) is 2.